The third-order valence-corrected chi connectivity index (χ3v) is 5.55. The lowest BCUT2D eigenvalue weighted by molar-refractivity contribution is -0.132. The summed E-state index contributed by atoms with van der Waals surface area (Å²) >= 11 is 0. The number of hydrogen-bond acceptors (Lipinski definition) is 4. The number of nitrogens with zero attached hydrogens (tertiary/aromatic N) is 1. The van der Waals surface area contributed by atoms with E-state index in [0.717, 1.165) is 56.6 Å². The van der Waals surface area contributed by atoms with Gasteiger partial charge in [0.2, 0.25) is 0 Å². The maximum absolute atomic E-state index is 12.3. The van der Waals surface area contributed by atoms with Crippen molar-refractivity contribution in [1.82, 2.24) is 15.5 Å². The summed E-state index contributed by atoms with van der Waals surface area (Å²) in [5.74, 6) is 0.905. The number of carbonyl (C=O) groups is 1. The molecule has 0 radical (unpaired) electrons. The predicted octanol–water partition coefficient (Wildman–Crippen LogP) is 3.09. The predicted molar refractivity (Wildman–Crippen MR) is 109 cm³/mol. The van der Waals surface area contributed by atoms with Crippen molar-refractivity contribution in [2.24, 2.45) is 0 Å². The summed E-state index contributed by atoms with van der Waals surface area (Å²) in [4.78, 5) is 14.2. The van der Waals surface area contributed by atoms with Crippen molar-refractivity contribution in [3.8, 4) is 5.75 Å². The molecule has 0 unspecified atom stereocenters. The number of carbonyl (C=O) groups excluding carboxylic acids is 1. The van der Waals surface area contributed by atoms with Gasteiger partial charge in [-0.15, -0.1) is 0 Å². The zero-order valence-corrected chi connectivity index (χ0v) is 17.3. The highest BCUT2D eigenvalue weighted by atomic mass is 16.5. The molecule has 150 valence electrons. The molecule has 5 heteroatoms. The number of rotatable bonds is 6. The van der Waals surface area contributed by atoms with Gasteiger partial charge in [-0.25, -0.2) is 0 Å². The molecule has 3 rings (SSSR count). The highest BCUT2D eigenvalue weighted by molar-refractivity contribution is 5.78. The molecule has 0 saturated carbocycles. The van der Waals surface area contributed by atoms with Crippen molar-refractivity contribution in [3.63, 3.8) is 0 Å². The van der Waals surface area contributed by atoms with Crippen molar-refractivity contribution in [3.05, 3.63) is 29.8 Å². The van der Waals surface area contributed by atoms with Crippen LogP contribution in [-0.4, -0.2) is 47.6 Å². The minimum absolute atomic E-state index is 0.0946. The van der Waals surface area contributed by atoms with Gasteiger partial charge in [0.05, 0.1) is 0 Å². The lowest BCUT2D eigenvalue weighted by atomic mass is 9.79. The lowest BCUT2D eigenvalue weighted by Crippen LogP contribution is -2.61. The number of ether oxygens (including phenoxy) is 1. The molecule has 2 aliphatic rings. The standard InChI is InChI=1S/C22H35N3O2/c1-21(2)13-18(14-22(3,4)24-21)23-15-17-9-5-6-10-19(17)27-16-20(26)25-11-7-8-12-25/h5-6,9-10,18,23-24H,7-8,11-16H2,1-4H3. The maximum atomic E-state index is 12.3. The average molecular weight is 374 g/mol. The lowest BCUT2D eigenvalue weighted by Gasteiger charge is -2.46. The molecule has 0 atom stereocenters. The van der Waals surface area contributed by atoms with E-state index in [0.29, 0.717) is 6.04 Å². The molecule has 0 aliphatic carbocycles. The van der Waals surface area contributed by atoms with Gasteiger partial charge in [0.15, 0.2) is 6.61 Å². The summed E-state index contributed by atoms with van der Waals surface area (Å²) in [6.45, 7) is 11.7. The van der Waals surface area contributed by atoms with Crippen LogP contribution in [0.2, 0.25) is 0 Å². The van der Waals surface area contributed by atoms with Gasteiger partial charge >= 0.3 is 0 Å². The minimum Gasteiger partial charge on any atom is -0.483 e. The Morgan fingerprint density at radius 1 is 1.15 bits per heavy atom. The molecule has 2 heterocycles. The van der Waals surface area contributed by atoms with E-state index in [1.807, 2.05) is 23.1 Å². The fourth-order valence-corrected chi connectivity index (χ4v) is 4.71. The highest BCUT2D eigenvalue weighted by Gasteiger charge is 2.37. The number of amides is 1. The van der Waals surface area contributed by atoms with Crippen molar-refractivity contribution < 1.29 is 9.53 Å². The molecule has 1 aromatic carbocycles. The largest absolute Gasteiger partial charge is 0.483 e. The van der Waals surface area contributed by atoms with E-state index >= 15 is 0 Å². The van der Waals surface area contributed by atoms with Gasteiger partial charge in [-0.2, -0.15) is 0 Å². The summed E-state index contributed by atoms with van der Waals surface area (Å²) in [6, 6.07) is 8.50. The smallest absolute Gasteiger partial charge is 0.260 e. The minimum atomic E-state index is 0.0946. The summed E-state index contributed by atoms with van der Waals surface area (Å²) in [6.07, 6.45) is 4.39. The van der Waals surface area contributed by atoms with Gasteiger partial charge in [0.25, 0.3) is 5.91 Å². The van der Waals surface area contributed by atoms with E-state index in [1.54, 1.807) is 0 Å². The molecule has 27 heavy (non-hydrogen) atoms. The van der Waals surface area contributed by atoms with Crippen LogP contribution in [0.15, 0.2) is 24.3 Å². The van der Waals surface area contributed by atoms with E-state index in [4.69, 9.17) is 4.74 Å². The highest BCUT2D eigenvalue weighted by Crippen LogP contribution is 2.29. The van der Waals surface area contributed by atoms with Crippen LogP contribution in [0, 0.1) is 0 Å². The molecule has 1 aromatic rings. The van der Waals surface area contributed by atoms with Crippen LogP contribution < -0.4 is 15.4 Å². The van der Waals surface area contributed by atoms with Gasteiger partial charge in [-0.1, -0.05) is 18.2 Å². The van der Waals surface area contributed by atoms with Gasteiger partial charge in [-0.3, -0.25) is 4.79 Å². The van der Waals surface area contributed by atoms with E-state index in [2.05, 4.69) is 44.4 Å². The van der Waals surface area contributed by atoms with E-state index < -0.39 is 0 Å². The topological polar surface area (TPSA) is 53.6 Å². The molecular weight excluding hydrogens is 338 g/mol. The monoisotopic (exact) mass is 373 g/mol. The average Bonchev–Trinajstić information content (AvgIpc) is 3.10. The van der Waals surface area contributed by atoms with Gasteiger partial charge in [0, 0.05) is 42.3 Å². The number of para-hydroxylation sites is 1. The second-order valence-corrected chi connectivity index (χ2v) is 9.36. The molecule has 0 bridgehead atoms. The zero-order chi connectivity index (χ0) is 19.5. The van der Waals surface area contributed by atoms with Crippen LogP contribution in [0.3, 0.4) is 0 Å². The fraction of sp³-hybridized carbons (Fsp3) is 0.682. The second-order valence-electron chi connectivity index (χ2n) is 9.36. The Labute approximate surface area is 163 Å². The third kappa shape index (κ3) is 5.69. The van der Waals surface area contributed by atoms with Crippen LogP contribution in [0.5, 0.6) is 5.75 Å². The Hall–Kier alpha value is -1.59. The summed E-state index contributed by atoms with van der Waals surface area (Å²) in [7, 11) is 0. The van der Waals surface area contributed by atoms with Crippen molar-refractivity contribution >= 4 is 5.91 Å². The summed E-state index contributed by atoms with van der Waals surface area (Å²) < 4.78 is 5.89. The molecule has 0 aromatic heterocycles. The second kappa shape index (κ2) is 8.19. The Balaban J connectivity index is 1.56. The Morgan fingerprint density at radius 3 is 2.44 bits per heavy atom. The van der Waals surface area contributed by atoms with Gasteiger partial charge < -0.3 is 20.3 Å². The molecule has 1 amide bonds. The van der Waals surface area contributed by atoms with Crippen LogP contribution in [0.4, 0.5) is 0 Å². The molecule has 0 spiro atoms. The van der Waals surface area contributed by atoms with E-state index in [1.165, 1.54) is 0 Å². The summed E-state index contributed by atoms with van der Waals surface area (Å²) in [5.41, 5.74) is 1.36. The Morgan fingerprint density at radius 2 is 1.78 bits per heavy atom. The van der Waals surface area contributed by atoms with E-state index in [9.17, 15) is 4.79 Å². The van der Waals surface area contributed by atoms with Crippen molar-refractivity contribution in [2.45, 2.75) is 77.0 Å². The van der Waals surface area contributed by atoms with Gasteiger partial charge in [0.1, 0.15) is 5.75 Å². The van der Waals surface area contributed by atoms with Gasteiger partial charge in [-0.05, 0) is 59.4 Å². The Bertz CT molecular complexity index is 635. The number of likely N-dealkylation sites (tertiary alicyclic amines) is 1. The fourth-order valence-electron chi connectivity index (χ4n) is 4.71. The normalized spacial score (nSPS) is 22.0. The van der Waals surface area contributed by atoms with E-state index in [-0.39, 0.29) is 23.6 Å². The SMILES string of the molecule is CC1(C)CC(NCc2ccccc2OCC(=O)N2CCCC2)CC(C)(C)N1. The number of hydrogen-bond donors (Lipinski definition) is 2. The number of piperidine rings is 1. The third-order valence-electron chi connectivity index (χ3n) is 5.55. The van der Waals surface area contributed by atoms with Crippen LogP contribution >= 0.6 is 0 Å². The van der Waals surface area contributed by atoms with Crippen molar-refractivity contribution in [1.29, 1.82) is 0 Å². The Kier molecular flexibility index (Phi) is 6.11. The van der Waals surface area contributed by atoms with Crippen LogP contribution in [-0.2, 0) is 11.3 Å². The summed E-state index contributed by atoms with van der Waals surface area (Å²) in [5, 5.41) is 7.44. The number of nitrogens with one attached hydrogen (secondary N) is 2. The first-order valence-electron chi connectivity index (χ1n) is 10.3. The molecule has 2 N–H and O–H groups in total. The first-order chi connectivity index (χ1) is 12.7. The first-order valence-corrected chi connectivity index (χ1v) is 10.3. The van der Waals surface area contributed by atoms with Crippen LogP contribution in [0.25, 0.3) is 0 Å². The molecule has 2 saturated heterocycles. The molecule has 2 fully saturated rings. The van der Waals surface area contributed by atoms with Crippen LogP contribution in [0.1, 0.15) is 58.9 Å². The zero-order valence-electron chi connectivity index (χ0n) is 17.3. The quantitative estimate of drug-likeness (QED) is 0.805. The molecular formula is C22H35N3O2. The molecule has 5 nitrogen and oxygen atoms in total. The molecule has 2 aliphatic heterocycles. The number of benzene rings is 1. The van der Waals surface area contributed by atoms with Crippen molar-refractivity contribution in [2.75, 3.05) is 19.7 Å². The maximum Gasteiger partial charge on any atom is 0.260 e. The first kappa shape index (κ1) is 20.2.